The second kappa shape index (κ2) is 5.23. The number of hydrogen-bond donors (Lipinski definition) is 3. The monoisotopic (exact) mass is 288 g/mol. The highest BCUT2D eigenvalue weighted by molar-refractivity contribution is 6.43. The molecule has 8 nitrogen and oxygen atoms in total. The van der Waals surface area contributed by atoms with Crippen LogP contribution in [-0.2, 0) is 14.4 Å². The Bertz CT molecular complexity index is 668. The molecule has 0 aliphatic carbocycles. The third-order valence-electron chi connectivity index (χ3n) is 3.04. The third-order valence-corrected chi connectivity index (χ3v) is 3.04. The van der Waals surface area contributed by atoms with Crippen LogP contribution in [0, 0.1) is 0 Å². The van der Waals surface area contributed by atoms with Crippen molar-refractivity contribution in [2.45, 2.75) is 12.8 Å². The van der Waals surface area contributed by atoms with Gasteiger partial charge in [0.15, 0.2) is 6.61 Å². The molecule has 1 aromatic carbocycles. The molecule has 21 heavy (non-hydrogen) atoms. The minimum atomic E-state index is -0.391. The highest BCUT2D eigenvalue weighted by Crippen LogP contribution is 2.30. The summed E-state index contributed by atoms with van der Waals surface area (Å²) in [6.07, 6.45) is 0.531. The minimum Gasteiger partial charge on any atom is -0.482 e. The van der Waals surface area contributed by atoms with E-state index in [0.717, 1.165) is 0 Å². The van der Waals surface area contributed by atoms with E-state index >= 15 is 0 Å². The Labute approximate surface area is 119 Å². The lowest BCUT2D eigenvalue weighted by molar-refractivity contribution is -0.121. The number of hydrazone groups is 1. The van der Waals surface area contributed by atoms with Gasteiger partial charge < -0.3 is 15.4 Å². The van der Waals surface area contributed by atoms with Crippen molar-refractivity contribution in [3.63, 3.8) is 0 Å². The summed E-state index contributed by atoms with van der Waals surface area (Å²) in [6.45, 7) is -0.0186. The fraction of sp³-hybridized carbons (Fsp3) is 0.231. The predicted molar refractivity (Wildman–Crippen MR) is 74.0 cm³/mol. The van der Waals surface area contributed by atoms with Crippen molar-refractivity contribution >= 4 is 34.8 Å². The number of nitrogens with one attached hydrogen (secondary N) is 3. The van der Waals surface area contributed by atoms with E-state index in [9.17, 15) is 14.4 Å². The van der Waals surface area contributed by atoms with Crippen molar-refractivity contribution in [2.24, 2.45) is 5.10 Å². The second-order valence-electron chi connectivity index (χ2n) is 4.60. The average molecular weight is 288 g/mol. The number of nitrogens with zero attached hydrogens (tertiary/aromatic N) is 1. The lowest BCUT2D eigenvalue weighted by atomic mass is 10.1. The smallest absolute Gasteiger partial charge is 0.271 e. The van der Waals surface area contributed by atoms with Gasteiger partial charge >= 0.3 is 0 Å². The predicted octanol–water partition coefficient (Wildman–Crippen LogP) is 0.222. The average Bonchev–Trinajstić information content (AvgIpc) is 2.47. The van der Waals surface area contributed by atoms with Gasteiger partial charge in [-0.25, -0.2) is 5.43 Å². The summed E-state index contributed by atoms with van der Waals surface area (Å²) in [7, 11) is 0. The van der Waals surface area contributed by atoms with Crippen molar-refractivity contribution in [3.05, 3.63) is 18.2 Å². The number of ether oxygens (including phenoxy) is 1. The number of fused-ring (bicyclic) bond motifs is 1. The van der Waals surface area contributed by atoms with Crippen LogP contribution in [0.1, 0.15) is 12.8 Å². The molecule has 0 saturated carbocycles. The van der Waals surface area contributed by atoms with Gasteiger partial charge in [-0.3, -0.25) is 14.4 Å². The minimum absolute atomic E-state index is 0.0186. The summed E-state index contributed by atoms with van der Waals surface area (Å²) >= 11 is 0. The Kier molecular flexibility index (Phi) is 3.27. The molecule has 2 aliphatic heterocycles. The summed E-state index contributed by atoms with van der Waals surface area (Å²) in [5.74, 6) is -0.293. The lowest BCUT2D eigenvalue weighted by Crippen LogP contribution is -2.32. The molecular weight excluding hydrogens is 276 g/mol. The summed E-state index contributed by atoms with van der Waals surface area (Å²) in [5, 5.41) is 9.04. The Morgan fingerprint density at radius 2 is 2.10 bits per heavy atom. The fourth-order valence-corrected chi connectivity index (χ4v) is 2.00. The van der Waals surface area contributed by atoms with Gasteiger partial charge in [0.05, 0.1) is 5.69 Å². The van der Waals surface area contributed by atoms with Gasteiger partial charge in [0.1, 0.15) is 11.5 Å². The topological polar surface area (TPSA) is 109 Å². The molecule has 2 heterocycles. The van der Waals surface area contributed by atoms with E-state index in [2.05, 4.69) is 21.2 Å². The molecular formula is C13H12N4O4. The van der Waals surface area contributed by atoms with Crippen molar-refractivity contribution in [1.82, 2.24) is 5.43 Å². The van der Waals surface area contributed by atoms with E-state index in [4.69, 9.17) is 4.74 Å². The number of carbonyl (C=O) groups is 3. The van der Waals surface area contributed by atoms with E-state index in [1.165, 1.54) is 0 Å². The molecule has 0 radical (unpaired) electrons. The second-order valence-corrected chi connectivity index (χ2v) is 4.60. The first-order valence-corrected chi connectivity index (χ1v) is 6.35. The summed E-state index contributed by atoms with van der Waals surface area (Å²) in [4.78, 5) is 34.2. The standard InChI is InChI=1S/C13H12N4O4/c18-11-4-2-8(16-17-11)13(20)14-7-1-3-10-9(5-7)15-12(19)6-21-10/h1,3,5H,2,4,6H2,(H,14,20)(H,15,19)(H,17,18). The van der Waals surface area contributed by atoms with Crippen LogP contribution in [0.3, 0.4) is 0 Å². The van der Waals surface area contributed by atoms with Gasteiger partial charge in [-0.05, 0) is 18.2 Å². The van der Waals surface area contributed by atoms with Gasteiger partial charge in [0.25, 0.3) is 11.8 Å². The first kappa shape index (κ1) is 13.1. The zero-order valence-corrected chi connectivity index (χ0v) is 10.9. The maximum atomic E-state index is 12.0. The molecule has 0 fully saturated rings. The van der Waals surface area contributed by atoms with Crippen LogP contribution in [0.4, 0.5) is 11.4 Å². The molecule has 108 valence electrons. The molecule has 8 heteroatoms. The number of anilines is 2. The summed E-state index contributed by atoms with van der Waals surface area (Å²) in [5.41, 5.74) is 3.53. The molecule has 0 spiro atoms. The van der Waals surface area contributed by atoms with Crippen LogP contribution in [-0.4, -0.2) is 30.0 Å². The van der Waals surface area contributed by atoms with Gasteiger partial charge in [0.2, 0.25) is 5.91 Å². The largest absolute Gasteiger partial charge is 0.482 e. The maximum Gasteiger partial charge on any atom is 0.271 e. The Hall–Kier alpha value is -2.90. The van der Waals surface area contributed by atoms with Crippen LogP contribution in [0.2, 0.25) is 0 Å². The van der Waals surface area contributed by atoms with E-state index in [0.29, 0.717) is 23.5 Å². The van der Waals surface area contributed by atoms with Gasteiger partial charge in [-0.15, -0.1) is 0 Å². The molecule has 0 bridgehead atoms. The molecule has 1 aromatic rings. The number of hydrogen-bond acceptors (Lipinski definition) is 5. The zero-order chi connectivity index (χ0) is 14.8. The van der Waals surface area contributed by atoms with Crippen molar-refractivity contribution in [3.8, 4) is 5.75 Å². The quantitative estimate of drug-likeness (QED) is 0.723. The van der Waals surface area contributed by atoms with Gasteiger partial charge in [0, 0.05) is 18.5 Å². The third kappa shape index (κ3) is 2.83. The molecule has 0 saturated heterocycles. The lowest BCUT2D eigenvalue weighted by Gasteiger charge is -2.19. The van der Waals surface area contributed by atoms with Gasteiger partial charge in [-0.2, -0.15) is 5.10 Å². The first-order chi connectivity index (χ1) is 10.1. The van der Waals surface area contributed by atoms with Gasteiger partial charge in [-0.1, -0.05) is 0 Å². The van der Waals surface area contributed by atoms with Crippen LogP contribution in [0.25, 0.3) is 0 Å². The maximum absolute atomic E-state index is 12.0. The number of amides is 3. The van der Waals surface area contributed by atoms with E-state index < -0.39 is 5.91 Å². The van der Waals surface area contributed by atoms with Crippen molar-refractivity contribution < 1.29 is 19.1 Å². The number of carbonyl (C=O) groups excluding carboxylic acids is 3. The van der Waals surface area contributed by atoms with Crippen LogP contribution < -0.4 is 20.8 Å². The Balaban J connectivity index is 1.73. The summed E-state index contributed by atoms with van der Waals surface area (Å²) < 4.78 is 5.23. The van der Waals surface area contributed by atoms with Crippen molar-refractivity contribution in [1.29, 1.82) is 0 Å². The summed E-state index contributed by atoms with van der Waals surface area (Å²) in [6, 6.07) is 4.93. The number of benzene rings is 1. The van der Waals surface area contributed by atoms with Crippen molar-refractivity contribution in [2.75, 3.05) is 17.2 Å². The Morgan fingerprint density at radius 3 is 2.86 bits per heavy atom. The van der Waals surface area contributed by atoms with E-state index in [1.807, 2.05) is 0 Å². The first-order valence-electron chi connectivity index (χ1n) is 6.35. The molecule has 3 amide bonds. The van der Waals surface area contributed by atoms with Crippen LogP contribution >= 0.6 is 0 Å². The molecule has 3 rings (SSSR count). The van der Waals surface area contributed by atoms with Crippen LogP contribution in [0.5, 0.6) is 5.75 Å². The highest BCUT2D eigenvalue weighted by atomic mass is 16.5. The molecule has 3 N–H and O–H groups in total. The highest BCUT2D eigenvalue weighted by Gasteiger charge is 2.20. The normalized spacial score (nSPS) is 16.9. The zero-order valence-electron chi connectivity index (χ0n) is 10.9. The van der Waals surface area contributed by atoms with Crippen LogP contribution in [0.15, 0.2) is 23.3 Å². The Morgan fingerprint density at radius 1 is 1.24 bits per heavy atom. The van der Waals surface area contributed by atoms with E-state index in [1.54, 1.807) is 18.2 Å². The van der Waals surface area contributed by atoms with E-state index in [-0.39, 0.29) is 30.6 Å². The SMILES string of the molecule is O=C1CCC(C(=O)Nc2ccc3c(c2)NC(=O)CO3)=NN1. The number of rotatable bonds is 2. The molecule has 0 unspecified atom stereocenters. The molecule has 2 aliphatic rings. The molecule has 0 aromatic heterocycles. The fourth-order valence-electron chi connectivity index (χ4n) is 2.00. The molecule has 0 atom stereocenters.